The van der Waals surface area contributed by atoms with Crippen molar-refractivity contribution >= 4 is 47.4 Å². The number of morpholine rings is 1. The van der Waals surface area contributed by atoms with Crippen LogP contribution in [0.15, 0.2) is 0 Å². The zero-order valence-electron chi connectivity index (χ0n) is 37.6. The molecule has 1 aliphatic rings. The van der Waals surface area contributed by atoms with Crippen molar-refractivity contribution < 1.29 is 57.1 Å². The Morgan fingerprint density at radius 3 is 1.55 bits per heavy atom. The zero-order valence-corrected chi connectivity index (χ0v) is 38.4. The second-order valence-corrected chi connectivity index (χ2v) is 17.1. The summed E-state index contributed by atoms with van der Waals surface area (Å²) in [4.78, 5) is 65.4. The lowest BCUT2D eigenvalue weighted by atomic mass is 10.0. The Morgan fingerprint density at radius 2 is 1.08 bits per heavy atom. The van der Waals surface area contributed by atoms with Crippen molar-refractivity contribution in [3.63, 3.8) is 0 Å². The van der Waals surface area contributed by atoms with Gasteiger partial charge < -0.3 is 43.4 Å². The molecule has 0 saturated carbocycles. The van der Waals surface area contributed by atoms with Gasteiger partial charge in [0.2, 0.25) is 5.82 Å². The monoisotopic (exact) mass is 871 g/mol. The molecule has 1 aromatic rings. The molecule has 1 saturated heterocycles. The van der Waals surface area contributed by atoms with Gasteiger partial charge in [-0.2, -0.15) is 4.37 Å². The molecule has 16 nitrogen and oxygen atoms in total. The number of hydrogen-bond donors (Lipinski definition) is 1. The fourth-order valence-electron chi connectivity index (χ4n) is 6.12. The quantitative estimate of drug-likeness (QED) is 0.0454. The molecule has 0 spiro atoms. The zero-order chi connectivity index (χ0) is 44.3. The second-order valence-electron chi connectivity index (χ2n) is 16.6. The van der Waals surface area contributed by atoms with Crippen LogP contribution in [0.4, 0.5) is 5.82 Å². The van der Waals surface area contributed by atoms with Crippen molar-refractivity contribution in [2.45, 2.75) is 194 Å². The van der Waals surface area contributed by atoms with Crippen LogP contribution in [0.2, 0.25) is 0 Å². The number of aromatic nitrogens is 2. The first-order valence-electron chi connectivity index (χ1n) is 22.2. The number of rotatable bonds is 31. The molecule has 1 fully saturated rings. The van der Waals surface area contributed by atoms with E-state index in [-0.39, 0.29) is 25.1 Å². The van der Waals surface area contributed by atoms with Crippen molar-refractivity contribution in [3.8, 4) is 5.88 Å². The maximum absolute atomic E-state index is 13.1. The summed E-state index contributed by atoms with van der Waals surface area (Å²) >= 11 is 1.01. The fraction of sp³-hybridized carbons (Fsp3) is 0.837. The molecule has 5 atom stereocenters. The molecule has 344 valence electrons. The molecule has 1 aliphatic heterocycles. The summed E-state index contributed by atoms with van der Waals surface area (Å²) in [6, 6.07) is 0. The molecule has 2 rings (SSSR count). The average Bonchev–Trinajstić information content (AvgIpc) is 3.68. The van der Waals surface area contributed by atoms with E-state index in [2.05, 4.69) is 21.0 Å². The van der Waals surface area contributed by atoms with Gasteiger partial charge in [0.25, 0.3) is 5.88 Å². The van der Waals surface area contributed by atoms with E-state index in [9.17, 15) is 24.0 Å². The smallest absolute Gasteiger partial charge is 0.347 e. The average molecular weight is 871 g/mol. The summed E-state index contributed by atoms with van der Waals surface area (Å²) in [6.07, 6.45) is 12.2. The van der Waals surface area contributed by atoms with Gasteiger partial charge in [-0.1, -0.05) is 96.8 Å². The molecule has 2 heterocycles. The number of carbonyl (C=O) groups is 5. The molecular weight excluding hydrogens is 797 g/mol. The lowest BCUT2D eigenvalue weighted by Gasteiger charge is -2.28. The van der Waals surface area contributed by atoms with Gasteiger partial charge in [-0.3, -0.25) is 4.79 Å². The number of unbranched alkanes of at least 4 members (excludes halogenated alkanes) is 14. The number of carbonyl (C=O) groups excluding carboxylic acids is 5. The molecule has 1 N–H and O–H groups in total. The SMILES string of the molecule is CCCCCCCCCCCCCCCCCC(=O)O[C@@H](C)C(=O)O[C@@H](C)C(=O)O[C@@H](C)C(=O)O[C@@H](C)C(=O)O[C@@H](CNC(C)(C)C)COc1nsnc1N1CCOCC1. The molecule has 0 amide bonds. The largest absolute Gasteiger partial charge is 0.470 e. The van der Waals surface area contributed by atoms with Crippen molar-refractivity contribution in [3.05, 3.63) is 0 Å². The number of hydrogen-bond acceptors (Lipinski definition) is 17. The van der Waals surface area contributed by atoms with Gasteiger partial charge in [0.15, 0.2) is 24.4 Å². The molecule has 0 radical (unpaired) electrons. The summed E-state index contributed by atoms with van der Waals surface area (Å²) < 4.78 is 46.4. The molecule has 1 aromatic heterocycles. The third-order valence-corrected chi connectivity index (χ3v) is 10.3. The Bertz CT molecular complexity index is 1400. The van der Waals surface area contributed by atoms with Crippen LogP contribution in [0.25, 0.3) is 0 Å². The van der Waals surface area contributed by atoms with Gasteiger partial charge in [0.05, 0.1) is 24.9 Å². The standard InChI is InChI=1S/C43H74N4O12S/c1-9-10-11-12-13-14-15-16-17-18-19-20-21-22-23-24-36(48)55-31(2)39(49)56-32(3)40(50)57-33(4)41(51)58-34(5)42(52)59-35(29-44-43(6,7)8)30-54-38-37(45-60-46-38)47-25-27-53-28-26-47/h31-35,44H,9-30H2,1-8H3/t31-,32-,33-,34-,35-/m0/s1. The van der Waals surface area contributed by atoms with E-state index >= 15 is 0 Å². The number of esters is 5. The van der Waals surface area contributed by atoms with Crippen LogP contribution in [-0.2, 0) is 52.4 Å². The minimum absolute atomic E-state index is 0.0553. The van der Waals surface area contributed by atoms with Crippen LogP contribution in [0.1, 0.15) is 158 Å². The molecule has 0 unspecified atom stereocenters. The van der Waals surface area contributed by atoms with Gasteiger partial charge in [-0.05, 0) is 54.9 Å². The van der Waals surface area contributed by atoms with E-state index in [0.717, 1.165) is 31.0 Å². The minimum Gasteiger partial charge on any atom is -0.470 e. The van der Waals surface area contributed by atoms with Crippen LogP contribution in [0.3, 0.4) is 0 Å². The Labute approximate surface area is 362 Å². The molecule has 0 aromatic carbocycles. The third-order valence-electron chi connectivity index (χ3n) is 9.80. The maximum Gasteiger partial charge on any atom is 0.347 e. The normalized spacial score (nSPS) is 15.6. The molecule has 60 heavy (non-hydrogen) atoms. The Morgan fingerprint density at radius 1 is 0.650 bits per heavy atom. The number of ether oxygens (including phenoxy) is 7. The van der Waals surface area contributed by atoms with Crippen LogP contribution in [-0.4, -0.2) is 114 Å². The molecular formula is C43H74N4O12S. The summed E-state index contributed by atoms with van der Waals surface area (Å²) in [5.41, 5.74) is -0.303. The Kier molecular flexibility index (Phi) is 26.0. The van der Waals surface area contributed by atoms with Crippen LogP contribution < -0.4 is 15.0 Å². The van der Waals surface area contributed by atoms with Gasteiger partial charge in [-0.15, -0.1) is 4.37 Å². The van der Waals surface area contributed by atoms with E-state index in [4.69, 9.17) is 33.2 Å². The molecule has 0 aliphatic carbocycles. The third kappa shape index (κ3) is 22.9. The summed E-state index contributed by atoms with van der Waals surface area (Å²) in [6.45, 7) is 15.9. The highest BCUT2D eigenvalue weighted by molar-refractivity contribution is 6.99. The summed E-state index contributed by atoms with van der Waals surface area (Å²) in [5.74, 6) is -3.44. The predicted molar refractivity (Wildman–Crippen MR) is 228 cm³/mol. The summed E-state index contributed by atoms with van der Waals surface area (Å²) in [7, 11) is 0. The number of anilines is 1. The molecule has 17 heteroatoms. The molecule has 0 bridgehead atoms. The van der Waals surface area contributed by atoms with E-state index in [1.807, 2.05) is 25.7 Å². The van der Waals surface area contributed by atoms with E-state index in [1.54, 1.807) is 0 Å². The van der Waals surface area contributed by atoms with E-state index < -0.39 is 60.4 Å². The first kappa shape index (κ1) is 52.6. The highest BCUT2D eigenvalue weighted by Crippen LogP contribution is 2.26. The Balaban J connectivity index is 1.67. The summed E-state index contributed by atoms with van der Waals surface area (Å²) in [5, 5.41) is 3.28. The van der Waals surface area contributed by atoms with Crippen LogP contribution in [0, 0.1) is 0 Å². The second kappa shape index (κ2) is 29.6. The lowest BCUT2D eigenvalue weighted by molar-refractivity contribution is -0.185. The lowest BCUT2D eigenvalue weighted by Crippen LogP contribution is -2.45. The number of nitrogens with one attached hydrogen (secondary N) is 1. The van der Waals surface area contributed by atoms with Crippen molar-refractivity contribution in [2.24, 2.45) is 0 Å². The maximum atomic E-state index is 13.1. The number of nitrogens with zero attached hydrogens (tertiary/aromatic N) is 3. The van der Waals surface area contributed by atoms with Crippen LogP contribution >= 0.6 is 11.7 Å². The van der Waals surface area contributed by atoms with Crippen molar-refractivity contribution in [1.29, 1.82) is 0 Å². The van der Waals surface area contributed by atoms with Gasteiger partial charge in [0, 0.05) is 31.6 Å². The fourth-order valence-corrected chi connectivity index (χ4v) is 6.64. The first-order valence-corrected chi connectivity index (χ1v) is 22.9. The topological polar surface area (TPSA) is 191 Å². The first-order chi connectivity index (χ1) is 28.6. The minimum atomic E-state index is -1.45. The van der Waals surface area contributed by atoms with Gasteiger partial charge in [0.1, 0.15) is 12.7 Å². The highest BCUT2D eigenvalue weighted by Gasteiger charge is 2.32. The van der Waals surface area contributed by atoms with E-state index in [0.29, 0.717) is 44.4 Å². The van der Waals surface area contributed by atoms with E-state index in [1.165, 1.54) is 98.3 Å². The Hall–Kier alpha value is -3.57. The van der Waals surface area contributed by atoms with Crippen LogP contribution in [0.5, 0.6) is 5.88 Å². The van der Waals surface area contributed by atoms with Crippen molar-refractivity contribution in [2.75, 3.05) is 44.4 Å². The predicted octanol–water partition coefficient (Wildman–Crippen LogP) is 7.04. The van der Waals surface area contributed by atoms with Gasteiger partial charge in [-0.25, -0.2) is 19.2 Å². The van der Waals surface area contributed by atoms with Crippen molar-refractivity contribution in [1.82, 2.24) is 14.1 Å². The highest BCUT2D eigenvalue weighted by atomic mass is 32.1. The van der Waals surface area contributed by atoms with Gasteiger partial charge >= 0.3 is 29.8 Å².